The zero-order valence-electron chi connectivity index (χ0n) is 21.7. The van der Waals surface area contributed by atoms with Gasteiger partial charge in [-0.2, -0.15) is 0 Å². The molecule has 0 aliphatic carbocycles. The Labute approximate surface area is 218 Å². The molecule has 2 aromatic carbocycles. The highest BCUT2D eigenvalue weighted by atomic mass is 35.5. The van der Waals surface area contributed by atoms with Crippen LogP contribution < -0.4 is 5.32 Å². The van der Waals surface area contributed by atoms with E-state index in [0.717, 1.165) is 28.3 Å². The third-order valence-corrected chi connectivity index (χ3v) is 5.56. The van der Waals surface area contributed by atoms with Gasteiger partial charge in [-0.1, -0.05) is 23.7 Å². The lowest BCUT2D eigenvalue weighted by molar-refractivity contribution is -0.108. The van der Waals surface area contributed by atoms with Gasteiger partial charge in [0.1, 0.15) is 12.1 Å². The summed E-state index contributed by atoms with van der Waals surface area (Å²) >= 11 is 5.95. The Kier molecular flexibility index (Phi) is 13.1. The minimum absolute atomic E-state index is 0.0417. The summed E-state index contributed by atoms with van der Waals surface area (Å²) in [6, 6.07) is 12.8. The minimum Gasteiger partial charge on any atom is -0.379 e. The van der Waals surface area contributed by atoms with Crippen LogP contribution in [0.4, 0.5) is 4.39 Å². The summed E-state index contributed by atoms with van der Waals surface area (Å²) in [6.45, 7) is 9.84. The first-order valence-corrected chi connectivity index (χ1v) is 12.5. The number of methoxy groups -OCH3 is 1. The Morgan fingerprint density at radius 1 is 1.03 bits per heavy atom. The van der Waals surface area contributed by atoms with E-state index in [1.165, 1.54) is 0 Å². The number of fused-ring (bicyclic) bond motifs is 1. The molecule has 0 spiro atoms. The number of halogens is 2. The number of aldehydes is 1. The van der Waals surface area contributed by atoms with Crippen LogP contribution in [-0.4, -0.2) is 56.5 Å². The summed E-state index contributed by atoms with van der Waals surface area (Å²) in [7, 11) is 1.71. The minimum atomic E-state index is -0.251. The Morgan fingerprint density at radius 2 is 1.69 bits per heavy atom. The maximum Gasteiger partial charge on any atom is 0.125 e. The van der Waals surface area contributed by atoms with Crippen molar-refractivity contribution in [1.29, 1.82) is 0 Å². The second kappa shape index (κ2) is 15.7. The Hall–Kier alpha value is -2.29. The third-order valence-electron chi connectivity index (χ3n) is 5.31. The quantitative estimate of drug-likeness (QED) is 0.234. The van der Waals surface area contributed by atoms with E-state index in [1.54, 1.807) is 19.2 Å². The van der Waals surface area contributed by atoms with Crippen molar-refractivity contribution in [3.05, 3.63) is 70.6 Å². The van der Waals surface area contributed by atoms with Crippen molar-refractivity contribution in [3.63, 3.8) is 0 Å². The number of nitrogens with one attached hydrogen (secondary N) is 1. The summed E-state index contributed by atoms with van der Waals surface area (Å²) in [4.78, 5) is 10.2. The second-order valence-electron chi connectivity index (χ2n) is 9.24. The highest BCUT2D eigenvalue weighted by Crippen LogP contribution is 2.23. The molecule has 3 aromatic rings. The van der Waals surface area contributed by atoms with Crippen LogP contribution in [0.15, 0.2) is 48.7 Å². The molecule has 0 radical (unpaired) electrons. The zero-order valence-corrected chi connectivity index (χ0v) is 22.4. The number of nitrogens with zero attached hydrogens (tertiary/aromatic N) is 1. The van der Waals surface area contributed by atoms with Crippen molar-refractivity contribution in [1.82, 2.24) is 9.88 Å². The molecule has 1 aromatic heterocycles. The Morgan fingerprint density at radius 3 is 2.33 bits per heavy atom. The van der Waals surface area contributed by atoms with Crippen molar-refractivity contribution in [3.8, 4) is 0 Å². The highest BCUT2D eigenvalue weighted by Gasteiger charge is 2.09. The number of hydrogen-bond donors (Lipinski definition) is 1. The molecule has 0 fully saturated rings. The molecule has 0 amide bonds. The molecule has 6 nitrogen and oxygen atoms in total. The summed E-state index contributed by atoms with van der Waals surface area (Å²) in [5, 5.41) is 5.02. The zero-order chi connectivity index (χ0) is 26.4. The van der Waals surface area contributed by atoms with Gasteiger partial charge in [0.05, 0.1) is 37.5 Å². The predicted molar refractivity (Wildman–Crippen MR) is 143 cm³/mol. The maximum atomic E-state index is 14.2. The fourth-order valence-electron chi connectivity index (χ4n) is 3.23. The molecule has 0 bridgehead atoms. The van der Waals surface area contributed by atoms with Crippen LogP contribution in [0.1, 0.15) is 38.3 Å². The average molecular weight is 521 g/mol. The molecule has 0 saturated heterocycles. The van der Waals surface area contributed by atoms with Gasteiger partial charge in [0, 0.05) is 49.8 Å². The van der Waals surface area contributed by atoms with Crippen LogP contribution in [-0.2, 0) is 32.1 Å². The molecule has 0 atom stereocenters. The second-order valence-corrected chi connectivity index (χ2v) is 9.68. The van der Waals surface area contributed by atoms with E-state index in [1.807, 2.05) is 61.9 Å². The summed E-state index contributed by atoms with van der Waals surface area (Å²) in [5.41, 5.74) is 2.93. The van der Waals surface area contributed by atoms with Gasteiger partial charge in [0.25, 0.3) is 0 Å². The van der Waals surface area contributed by atoms with E-state index < -0.39 is 0 Å². The van der Waals surface area contributed by atoms with E-state index in [-0.39, 0.29) is 11.4 Å². The van der Waals surface area contributed by atoms with Gasteiger partial charge in [0.15, 0.2) is 0 Å². The lowest BCUT2D eigenvalue weighted by Crippen LogP contribution is -2.20. The average Bonchev–Trinajstić information content (AvgIpc) is 3.24. The molecule has 0 aliphatic rings. The van der Waals surface area contributed by atoms with Gasteiger partial charge in [-0.15, -0.1) is 0 Å². The van der Waals surface area contributed by atoms with Crippen LogP contribution in [0.3, 0.4) is 0 Å². The fraction of sp³-hybridized carbons (Fsp3) is 0.464. The SMILES string of the molecule is COC(C)(C)C.O=CCCOCCOCCNCc1cc(F)cc2c1ccn2Cc1ccc(Cl)cc1. The van der Waals surface area contributed by atoms with Gasteiger partial charge >= 0.3 is 0 Å². The van der Waals surface area contributed by atoms with E-state index in [4.69, 9.17) is 25.8 Å². The molecule has 0 unspecified atom stereocenters. The lowest BCUT2D eigenvalue weighted by atomic mass is 10.1. The van der Waals surface area contributed by atoms with E-state index in [9.17, 15) is 9.18 Å². The number of aromatic nitrogens is 1. The fourth-order valence-corrected chi connectivity index (χ4v) is 3.35. The van der Waals surface area contributed by atoms with Gasteiger partial charge in [-0.25, -0.2) is 4.39 Å². The topological polar surface area (TPSA) is 61.7 Å². The summed E-state index contributed by atoms with van der Waals surface area (Å²) in [5.74, 6) is -0.251. The monoisotopic (exact) mass is 520 g/mol. The molecule has 0 aliphatic heterocycles. The molecular formula is C28H38ClFN2O4. The number of hydrogen-bond acceptors (Lipinski definition) is 5. The molecule has 198 valence electrons. The Bertz CT molecular complexity index is 1050. The first-order valence-electron chi connectivity index (χ1n) is 12.1. The number of carbonyl (C=O) groups excluding carboxylic acids is 1. The van der Waals surface area contributed by atoms with Crippen molar-refractivity contribution >= 4 is 28.8 Å². The molecule has 1 heterocycles. The molecule has 36 heavy (non-hydrogen) atoms. The van der Waals surface area contributed by atoms with Gasteiger partial charge in [0.2, 0.25) is 0 Å². The van der Waals surface area contributed by atoms with Gasteiger partial charge < -0.3 is 28.9 Å². The van der Waals surface area contributed by atoms with E-state index in [0.29, 0.717) is 57.5 Å². The molecule has 3 rings (SSSR count). The molecule has 1 N–H and O–H groups in total. The smallest absolute Gasteiger partial charge is 0.125 e. The van der Waals surface area contributed by atoms with Crippen LogP contribution >= 0.6 is 11.6 Å². The van der Waals surface area contributed by atoms with Crippen molar-refractivity contribution in [2.45, 2.75) is 45.9 Å². The molecule has 0 saturated carbocycles. The first kappa shape index (κ1) is 29.9. The van der Waals surface area contributed by atoms with Crippen LogP contribution in [0, 0.1) is 5.82 Å². The normalized spacial score (nSPS) is 11.4. The summed E-state index contributed by atoms with van der Waals surface area (Å²) < 4.78 is 31.9. The van der Waals surface area contributed by atoms with Gasteiger partial charge in [-0.3, -0.25) is 0 Å². The van der Waals surface area contributed by atoms with E-state index in [2.05, 4.69) is 5.32 Å². The van der Waals surface area contributed by atoms with Crippen LogP contribution in [0.25, 0.3) is 10.9 Å². The van der Waals surface area contributed by atoms with Crippen molar-refractivity contribution in [2.75, 3.05) is 40.1 Å². The standard InChI is InChI=1S/C23H26ClFN2O3.C5H12O/c24-20-4-2-18(3-5-20)17-27-8-6-22-19(14-21(25)15-23(22)27)16-26-7-11-30-13-12-29-10-1-9-28;1-5(2,3)6-4/h2-6,8-9,14-15,26H,1,7,10-13,16-17H2;1-4H3. The van der Waals surface area contributed by atoms with Crippen molar-refractivity contribution in [2.24, 2.45) is 0 Å². The highest BCUT2D eigenvalue weighted by molar-refractivity contribution is 6.30. The Balaban J connectivity index is 0.000000678. The predicted octanol–water partition coefficient (Wildman–Crippen LogP) is 5.63. The van der Waals surface area contributed by atoms with Crippen LogP contribution in [0.2, 0.25) is 5.02 Å². The number of carbonyl (C=O) groups is 1. The van der Waals surface area contributed by atoms with Gasteiger partial charge in [-0.05, 0) is 62.2 Å². The molecule has 8 heteroatoms. The first-order chi connectivity index (χ1) is 17.2. The van der Waals surface area contributed by atoms with Crippen LogP contribution in [0.5, 0.6) is 0 Å². The number of ether oxygens (including phenoxy) is 3. The van der Waals surface area contributed by atoms with Crippen molar-refractivity contribution < 1.29 is 23.4 Å². The summed E-state index contributed by atoms with van der Waals surface area (Å²) in [6.07, 6.45) is 3.22. The van der Waals surface area contributed by atoms with E-state index >= 15 is 0 Å². The maximum absolute atomic E-state index is 14.2. The number of benzene rings is 2. The number of rotatable bonds is 13. The third kappa shape index (κ3) is 11.2. The molecular weight excluding hydrogens is 483 g/mol. The lowest BCUT2D eigenvalue weighted by Gasteiger charge is -2.14. The largest absolute Gasteiger partial charge is 0.379 e.